The average molecular weight is 328 g/mol. The van der Waals surface area contributed by atoms with Crippen LogP contribution in [0.3, 0.4) is 0 Å². The Balaban J connectivity index is 2.46. The third kappa shape index (κ3) is 2.53. The van der Waals surface area contributed by atoms with E-state index in [2.05, 4.69) is 50.8 Å². The summed E-state index contributed by atoms with van der Waals surface area (Å²) in [4.78, 5) is 5.66. The molecule has 2 aromatic heterocycles. The first-order valence-electron chi connectivity index (χ1n) is 6.04. The normalized spacial score (nSPS) is 14.7. The molecule has 3 nitrogen and oxygen atoms in total. The molecule has 0 aliphatic heterocycles. The fourth-order valence-corrected chi connectivity index (χ4v) is 3.68. The van der Waals surface area contributed by atoms with Gasteiger partial charge in [-0.3, -0.25) is 0 Å². The molecule has 0 bridgehead atoms. The van der Waals surface area contributed by atoms with Crippen LogP contribution < -0.4 is 5.73 Å². The number of hydrogen-bond acceptors (Lipinski definition) is 3. The molecule has 2 aromatic rings. The largest absolute Gasteiger partial charge is 0.326 e. The molecule has 0 spiro atoms. The van der Waals surface area contributed by atoms with E-state index in [0.717, 1.165) is 16.6 Å². The molecule has 18 heavy (non-hydrogen) atoms. The van der Waals surface area contributed by atoms with Crippen LogP contribution in [0.4, 0.5) is 0 Å². The zero-order chi connectivity index (χ0) is 13.3. The molecule has 0 aliphatic carbocycles. The molecule has 0 saturated heterocycles. The quantitative estimate of drug-likeness (QED) is 0.931. The standard InChI is InChI=1S/C13H18BrN3S/c1-4-11(15)13(12-5-10(14)6-18-12)17-7-16-8(2)9(17)3/h5-7,11,13H,4,15H2,1-3H3. The molecule has 2 N–H and O–H groups in total. The van der Waals surface area contributed by atoms with Gasteiger partial charge in [0.1, 0.15) is 0 Å². The summed E-state index contributed by atoms with van der Waals surface area (Å²) >= 11 is 5.25. The molecule has 0 saturated carbocycles. The second-order valence-corrected chi connectivity index (χ2v) is 6.37. The van der Waals surface area contributed by atoms with E-state index >= 15 is 0 Å². The smallest absolute Gasteiger partial charge is 0.0958 e. The summed E-state index contributed by atoms with van der Waals surface area (Å²) in [5, 5.41) is 2.10. The maximum absolute atomic E-state index is 6.31. The highest BCUT2D eigenvalue weighted by molar-refractivity contribution is 9.10. The second-order valence-electron chi connectivity index (χ2n) is 4.51. The van der Waals surface area contributed by atoms with Gasteiger partial charge in [0.25, 0.3) is 0 Å². The van der Waals surface area contributed by atoms with Crippen molar-refractivity contribution >= 4 is 27.3 Å². The van der Waals surface area contributed by atoms with E-state index in [0.29, 0.717) is 0 Å². The molecule has 98 valence electrons. The minimum absolute atomic E-state index is 0.0999. The first kappa shape index (κ1) is 13.8. The van der Waals surface area contributed by atoms with E-state index < -0.39 is 0 Å². The van der Waals surface area contributed by atoms with Gasteiger partial charge in [-0.15, -0.1) is 11.3 Å². The minimum Gasteiger partial charge on any atom is -0.326 e. The first-order chi connectivity index (χ1) is 8.54. The van der Waals surface area contributed by atoms with Gasteiger partial charge < -0.3 is 10.3 Å². The van der Waals surface area contributed by atoms with Crippen LogP contribution in [0.2, 0.25) is 0 Å². The topological polar surface area (TPSA) is 43.8 Å². The lowest BCUT2D eigenvalue weighted by atomic mass is 10.0. The number of aryl methyl sites for hydroxylation is 1. The Morgan fingerprint density at radius 3 is 2.67 bits per heavy atom. The molecule has 2 atom stereocenters. The molecule has 0 amide bonds. The highest BCUT2D eigenvalue weighted by Crippen LogP contribution is 2.32. The lowest BCUT2D eigenvalue weighted by Crippen LogP contribution is -2.32. The van der Waals surface area contributed by atoms with Crippen LogP contribution >= 0.6 is 27.3 Å². The maximum atomic E-state index is 6.31. The van der Waals surface area contributed by atoms with Crippen LogP contribution in [0.15, 0.2) is 22.2 Å². The molecule has 2 unspecified atom stereocenters. The van der Waals surface area contributed by atoms with Crippen molar-refractivity contribution in [2.24, 2.45) is 5.73 Å². The van der Waals surface area contributed by atoms with Gasteiger partial charge >= 0.3 is 0 Å². The van der Waals surface area contributed by atoms with Crippen molar-refractivity contribution in [3.05, 3.63) is 38.5 Å². The third-order valence-corrected chi connectivity index (χ3v) is 5.11. The van der Waals surface area contributed by atoms with Crippen molar-refractivity contribution in [1.29, 1.82) is 0 Å². The third-order valence-electron chi connectivity index (χ3n) is 3.34. The first-order valence-corrected chi connectivity index (χ1v) is 7.71. The van der Waals surface area contributed by atoms with Crippen LogP contribution in [-0.4, -0.2) is 15.6 Å². The van der Waals surface area contributed by atoms with E-state index in [9.17, 15) is 0 Å². The summed E-state index contributed by atoms with van der Waals surface area (Å²) in [6.07, 6.45) is 2.84. The van der Waals surface area contributed by atoms with Crippen molar-refractivity contribution in [1.82, 2.24) is 9.55 Å². The van der Waals surface area contributed by atoms with Gasteiger partial charge in [0, 0.05) is 26.5 Å². The zero-order valence-electron chi connectivity index (χ0n) is 10.9. The minimum atomic E-state index is 0.0999. The Bertz CT molecular complexity index is 532. The summed E-state index contributed by atoms with van der Waals surface area (Å²) < 4.78 is 3.31. The number of nitrogens with zero attached hydrogens (tertiary/aromatic N) is 2. The van der Waals surface area contributed by atoms with E-state index in [4.69, 9.17) is 5.73 Å². The van der Waals surface area contributed by atoms with Crippen molar-refractivity contribution < 1.29 is 0 Å². The van der Waals surface area contributed by atoms with Crippen LogP contribution in [0.25, 0.3) is 0 Å². The van der Waals surface area contributed by atoms with E-state index in [1.807, 2.05) is 13.3 Å². The van der Waals surface area contributed by atoms with E-state index in [-0.39, 0.29) is 12.1 Å². The van der Waals surface area contributed by atoms with Gasteiger partial charge in [-0.1, -0.05) is 6.92 Å². The summed E-state index contributed by atoms with van der Waals surface area (Å²) in [6.45, 7) is 6.25. The monoisotopic (exact) mass is 327 g/mol. The summed E-state index contributed by atoms with van der Waals surface area (Å²) in [5.74, 6) is 0. The van der Waals surface area contributed by atoms with Crippen LogP contribution in [0.1, 0.15) is 35.7 Å². The Hall–Kier alpha value is -0.650. The Morgan fingerprint density at radius 1 is 1.50 bits per heavy atom. The highest BCUT2D eigenvalue weighted by Gasteiger charge is 2.23. The number of rotatable bonds is 4. The Morgan fingerprint density at radius 2 is 2.22 bits per heavy atom. The Kier molecular flexibility index (Phi) is 4.25. The zero-order valence-corrected chi connectivity index (χ0v) is 13.3. The van der Waals surface area contributed by atoms with Crippen molar-refractivity contribution in [3.63, 3.8) is 0 Å². The lowest BCUT2D eigenvalue weighted by molar-refractivity contribution is 0.458. The number of halogens is 1. The summed E-state index contributed by atoms with van der Waals surface area (Å²) in [5.41, 5.74) is 8.57. The van der Waals surface area contributed by atoms with Gasteiger partial charge in [-0.25, -0.2) is 4.98 Å². The van der Waals surface area contributed by atoms with Crippen LogP contribution in [0.5, 0.6) is 0 Å². The maximum Gasteiger partial charge on any atom is 0.0958 e. The van der Waals surface area contributed by atoms with Crippen LogP contribution in [0, 0.1) is 13.8 Å². The highest BCUT2D eigenvalue weighted by atomic mass is 79.9. The van der Waals surface area contributed by atoms with Crippen molar-refractivity contribution in [3.8, 4) is 0 Å². The number of aromatic nitrogens is 2. The SMILES string of the molecule is CCC(N)C(c1cc(Br)cs1)n1cnc(C)c1C. The number of nitrogens with two attached hydrogens (primary N) is 1. The number of thiophene rings is 1. The summed E-state index contributed by atoms with van der Waals surface area (Å²) in [7, 11) is 0. The van der Waals surface area contributed by atoms with Gasteiger partial charge in [0.15, 0.2) is 0 Å². The number of hydrogen-bond donors (Lipinski definition) is 1. The van der Waals surface area contributed by atoms with Gasteiger partial charge in [0.05, 0.1) is 18.1 Å². The molecule has 0 aliphatic rings. The molecule has 2 rings (SSSR count). The average Bonchev–Trinajstić information content (AvgIpc) is 2.90. The van der Waals surface area contributed by atoms with Gasteiger partial charge in [0.2, 0.25) is 0 Å². The van der Waals surface area contributed by atoms with Crippen molar-refractivity contribution in [2.75, 3.05) is 0 Å². The molecule has 5 heteroatoms. The molecule has 0 fully saturated rings. The number of imidazole rings is 1. The predicted octanol–water partition coefficient (Wildman–Crippen LogP) is 3.65. The fraction of sp³-hybridized carbons (Fsp3) is 0.462. The van der Waals surface area contributed by atoms with E-state index in [1.165, 1.54) is 10.6 Å². The Labute approximate surface area is 120 Å². The van der Waals surface area contributed by atoms with Gasteiger partial charge in [-0.05, 0) is 42.3 Å². The van der Waals surface area contributed by atoms with Crippen LogP contribution in [-0.2, 0) is 0 Å². The molecule has 0 aromatic carbocycles. The molecule has 2 heterocycles. The predicted molar refractivity (Wildman–Crippen MR) is 80.1 cm³/mol. The van der Waals surface area contributed by atoms with Gasteiger partial charge in [-0.2, -0.15) is 0 Å². The molecular weight excluding hydrogens is 310 g/mol. The second kappa shape index (κ2) is 5.55. The summed E-state index contributed by atoms with van der Waals surface area (Å²) in [6, 6.07) is 2.43. The fourth-order valence-electron chi connectivity index (χ4n) is 2.06. The van der Waals surface area contributed by atoms with Crippen molar-refractivity contribution in [2.45, 2.75) is 39.3 Å². The van der Waals surface area contributed by atoms with E-state index in [1.54, 1.807) is 11.3 Å². The molecular formula is C13H18BrN3S. The lowest BCUT2D eigenvalue weighted by Gasteiger charge is -2.24. The molecule has 0 radical (unpaired) electrons.